The lowest BCUT2D eigenvalue weighted by Gasteiger charge is -2.30. The molecule has 1 amide bonds. The summed E-state index contributed by atoms with van der Waals surface area (Å²) < 4.78 is 5.33. The largest absolute Gasteiger partial charge is 0.467 e. The van der Waals surface area contributed by atoms with Crippen molar-refractivity contribution in [2.24, 2.45) is 11.7 Å². The topological polar surface area (TPSA) is 140 Å². The standard InChI is InChI=1S/C23H24N6O4/c24-21(30)17-10-12-28(13-11-17)23-26-19(9-8-16-5-2-1-3-6-16)20(29(31)32)22(27-23)25-15-18-7-4-14-33-18/h1-9,14,17H,10-13,15H2,(H2,24,30)(H,25,26,27). The zero-order valence-corrected chi connectivity index (χ0v) is 17.9. The van der Waals surface area contributed by atoms with Crippen LogP contribution in [-0.4, -0.2) is 33.9 Å². The van der Waals surface area contributed by atoms with E-state index >= 15 is 0 Å². The Hall–Kier alpha value is -4.21. The number of benzene rings is 1. The van der Waals surface area contributed by atoms with Crippen molar-refractivity contribution in [3.8, 4) is 0 Å². The van der Waals surface area contributed by atoms with E-state index in [4.69, 9.17) is 10.2 Å². The maximum absolute atomic E-state index is 12.0. The van der Waals surface area contributed by atoms with E-state index in [1.807, 2.05) is 35.2 Å². The molecule has 1 aromatic carbocycles. The highest BCUT2D eigenvalue weighted by molar-refractivity contribution is 5.78. The fourth-order valence-electron chi connectivity index (χ4n) is 3.71. The van der Waals surface area contributed by atoms with Crippen LogP contribution in [0.15, 0.2) is 53.1 Å². The second-order valence-electron chi connectivity index (χ2n) is 7.70. The molecule has 0 unspecified atom stereocenters. The molecule has 0 spiro atoms. The lowest BCUT2D eigenvalue weighted by Crippen LogP contribution is -2.39. The molecule has 1 saturated heterocycles. The number of rotatable bonds is 8. The van der Waals surface area contributed by atoms with Crippen molar-refractivity contribution in [2.45, 2.75) is 19.4 Å². The number of carbonyl (C=O) groups is 1. The van der Waals surface area contributed by atoms with Gasteiger partial charge in [0.05, 0.1) is 17.7 Å². The number of piperidine rings is 1. The van der Waals surface area contributed by atoms with Gasteiger partial charge < -0.3 is 20.4 Å². The van der Waals surface area contributed by atoms with Gasteiger partial charge in [-0.05, 0) is 36.6 Å². The van der Waals surface area contributed by atoms with E-state index < -0.39 is 4.92 Å². The molecular formula is C23H24N6O4. The molecule has 0 radical (unpaired) electrons. The quantitative estimate of drug-likeness (QED) is 0.394. The minimum absolute atomic E-state index is 0.103. The third-order valence-corrected chi connectivity index (χ3v) is 5.51. The summed E-state index contributed by atoms with van der Waals surface area (Å²) in [5.41, 5.74) is 6.30. The Morgan fingerprint density at radius 3 is 2.58 bits per heavy atom. The second-order valence-corrected chi connectivity index (χ2v) is 7.70. The zero-order chi connectivity index (χ0) is 23.2. The van der Waals surface area contributed by atoms with Crippen LogP contribution in [0.1, 0.15) is 29.9 Å². The second kappa shape index (κ2) is 9.94. The maximum Gasteiger partial charge on any atom is 0.336 e. The summed E-state index contributed by atoms with van der Waals surface area (Å²) in [5.74, 6) is 0.581. The number of nitro groups is 1. The number of anilines is 2. The number of primary amides is 1. The van der Waals surface area contributed by atoms with Crippen LogP contribution in [0, 0.1) is 16.0 Å². The number of furan rings is 1. The van der Waals surface area contributed by atoms with Crippen LogP contribution >= 0.6 is 0 Å². The van der Waals surface area contributed by atoms with Gasteiger partial charge in [0.25, 0.3) is 0 Å². The van der Waals surface area contributed by atoms with E-state index in [9.17, 15) is 14.9 Å². The number of hydrogen-bond acceptors (Lipinski definition) is 8. The van der Waals surface area contributed by atoms with E-state index in [-0.39, 0.29) is 35.6 Å². The van der Waals surface area contributed by atoms with Crippen LogP contribution in [0.4, 0.5) is 17.5 Å². The number of nitrogens with zero attached hydrogens (tertiary/aromatic N) is 4. The van der Waals surface area contributed by atoms with Gasteiger partial charge in [0.2, 0.25) is 17.7 Å². The normalized spacial score (nSPS) is 14.5. The zero-order valence-electron chi connectivity index (χ0n) is 17.9. The summed E-state index contributed by atoms with van der Waals surface area (Å²) in [4.78, 5) is 33.9. The lowest BCUT2D eigenvalue weighted by atomic mass is 9.96. The molecule has 4 rings (SSSR count). The highest BCUT2D eigenvalue weighted by Gasteiger charge is 2.28. The van der Waals surface area contributed by atoms with E-state index in [0.29, 0.717) is 37.6 Å². The molecule has 0 atom stereocenters. The van der Waals surface area contributed by atoms with E-state index in [1.165, 1.54) is 6.26 Å². The average molecular weight is 448 g/mol. The van der Waals surface area contributed by atoms with Gasteiger partial charge in [-0.15, -0.1) is 0 Å². The number of aromatic nitrogens is 2. The summed E-state index contributed by atoms with van der Waals surface area (Å²) >= 11 is 0. The maximum atomic E-state index is 12.0. The van der Waals surface area contributed by atoms with Crippen molar-refractivity contribution >= 4 is 35.5 Å². The van der Waals surface area contributed by atoms with Gasteiger partial charge in [-0.3, -0.25) is 14.9 Å². The van der Waals surface area contributed by atoms with E-state index in [1.54, 1.807) is 24.3 Å². The Morgan fingerprint density at radius 2 is 1.94 bits per heavy atom. The van der Waals surface area contributed by atoms with Crippen molar-refractivity contribution in [3.05, 3.63) is 75.9 Å². The number of nitrogens with one attached hydrogen (secondary N) is 1. The first-order chi connectivity index (χ1) is 16.0. The molecule has 170 valence electrons. The number of nitrogens with two attached hydrogens (primary N) is 1. The highest BCUT2D eigenvalue weighted by atomic mass is 16.6. The summed E-state index contributed by atoms with van der Waals surface area (Å²) in [6.07, 6.45) is 6.09. The smallest absolute Gasteiger partial charge is 0.336 e. The molecule has 1 aliphatic rings. The summed E-state index contributed by atoms with van der Waals surface area (Å²) in [6, 6.07) is 13.0. The van der Waals surface area contributed by atoms with Crippen LogP contribution in [-0.2, 0) is 11.3 Å². The Labute approximate surface area is 190 Å². The summed E-state index contributed by atoms with van der Waals surface area (Å²) in [6.45, 7) is 1.30. The lowest BCUT2D eigenvalue weighted by molar-refractivity contribution is -0.384. The number of hydrogen-bond donors (Lipinski definition) is 2. The first kappa shape index (κ1) is 22.0. The molecule has 1 fully saturated rings. The van der Waals surface area contributed by atoms with Crippen LogP contribution in [0.3, 0.4) is 0 Å². The van der Waals surface area contributed by atoms with Gasteiger partial charge in [-0.2, -0.15) is 4.98 Å². The number of amides is 1. The molecular weight excluding hydrogens is 424 g/mol. The summed E-state index contributed by atoms with van der Waals surface area (Å²) in [7, 11) is 0. The van der Waals surface area contributed by atoms with Gasteiger partial charge in [0.15, 0.2) is 0 Å². The van der Waals surface area contributed by atoms with Gasteiger partial charge in [0.1, 0.15) is 11.5 Å². The monoisotopic (exact) mass is 448 g/mol. The predicted octanol–water partition coefficient (Wildman–Crippen LogP) is 3.46. The molecule has 10 heteroatoms. The van der Waals surface area contributed by atoms with Crippen molar-refractivity contribution in [2.75, 3.05) is 23.3 Å². The van der Waals surface area contributed by atoms with Gasteiger partial charge >= 0.3 is 5.69 Å². The average Bonchev–Trinajstić information content (AvgIpc) is 3.35. The third-order valence-electron chi connectivity index (χ3n) is 5.51. The fraction of sp³-hybridized carbons (Fsp3) is 0.261. The minimum atomic E-state index is -0.488. The van der Waals surface area contributed by atoms with E-state index in [0.717, 1.165) is 5.56 Å². The van der Waals surface area contributed by atoms with Crippen LogP contribution in [0.25, 0.3) is 12.2 Å². The Bertz CT molecular complexity index is 1140. The predicted molar refractivity (Wildman–Crippen MR) is 124 cm³/mol. The Kier molecular flexibility index (Phi) is 6.63. The first-order valence-corrected chi connectivity index (χ1v) is 10.6. The van der Waals surface area contributed by atoms with Crippen molar-refractivity contribution < 1.29 is 14.1 Å². The van der Waals surface area contributed by atoms with Gasteiger partial charge in [0, 0.05) is 19.0 Å². The molecule has 3 N–H and O–H groups in total. The van der Waals surface area contributed by atoms with E-state index in [2.05, 4.69) is 15.3 Å². The van der Waals surface area contributed by atoms with Crippen molar-refractivity contribution in [1.29, 1.82) is 0 Å². The Balaban J connectivity index is 1.69. The Morgan fingerprint density at radius 1 is 1.18 bits per heavy atom. The van der Waals surface area contributed by atoms with Gasteiger partial charge in [-0.25, -0.2) is 4.98 Å². The van der Waals surface area contributed by atoms with Crippen molar-refractivity contribution in [3.63, 3.8) is 0 Å². The van der Waals surface area contributed by atoms with Crippen LogP contribution in [0.5, 0.6) is 0 Å². The highest BCUT2D eigenvalue weighted by Crippen LogP contribution is 2.31. The minimum Gasteiger partial charge on any atom is -0.467 e. The molecule has 10 nitrogen and oxygen atoms in total. The SMILES string of the molecule is NC(=O)C1CCN(c2nc(C=Cc3ccccc3)c([N+](=O)[O-])c(NCc3ccco3)n2)CC1. The molecule has 33 heavy (non-hydrogen) atoms. The van der Waals surface area contributed by atoms with Crippen LogP contribution < -0.4 is 16.0 Å². The van der Waals surface area contributed by atoms with Crippen LogP contribution in [0.2, 0.25) is 0 Å². The fourth-order valence-corrected chi connectivity index (χ4v) is 3.71. The first-order valence-electron chi connectivity index (χ1n) is 10.6. The molecule has 2 aromatic heterocycles. The molecule has 3 heterocycles. The number of carbonyl (C=O) groups excluding carboxylic acids is 1. The molecule has 1 aliphatic heterocycles. The summed E-state index contributed by atoms with van der Waals surface area (Å²) in [5, 5.41) is 15.0. The third kappa shape index (κ3) is 5.35. The van der Waals surface area contributed by atoms with Crippen molar-refractivity contribution in [1.82, 2.24) is 9.97 Å². The molecule has 3 aromatic rings. The molecule has 0 saturated carbocycles. The molecule has 0 aliphatic carbocycles. The molecule has 0 bridgehead atoms. The van der Waals surface area contributed by atoms with Gasteiger partial charge in [-0.1, -0.05) is 36.4 Å².